The minimum Gasteiger partial charge on any atom is -0.481 e. The van der Waals surface area contributed by atoms with Crippen LogP contribution in [-0.2, 0) is 14.6 Å². The van der Waals surface area contributed by atoms with E-state index in [9.17, 15) is 18.0 Å². The van der Waals surface area contributed by atoms with E-state index in [-0.39, 0.29) is 28.4 Å². The van der Waals surface area contributed by atoms with Crippen LogP contribution in [0, 0.1) is 0 Å². The van der Waals surface area contributed by atoms with Gasteiger partial charge >= 0.3 is 5.97 Å². The summed E-state index contributed by atoms with van der Waals surface area (Å²) in [6.07, 6.45) is 1.26. The van der Waals surface area contributed by atoms with Crippen molar-refractivity contribution >= 4 is 33.3 Å². The quantitative estimate of drug-likeness (QED) is 0.771. The lowest BCUT2D eigenvalue weighted by Gasteiger charge is -2.07. The smallest absolute Gasteiger partial charge is 0.303 e. The largest absolute Gasteiger partial charge is 0.481 e. The summed E-state index contributed by atoms with van der Waals surface area (Å²) in [5.74, 6) is -1.41. The van der Waals surface area contributed by atoms with E-state index < -0.39 is 21.7 Å². The third-order valence-corrected chi connectivity index (χ3v) is 4.02. The Labute approximate surface area is 121 Å². The summed E-state index contributed by atoms with van der Waals surface area (Å²) in [4.78, 5) is 22.0. The van der Waals surface area contributed by atoms with Crippen LogP contribution in [0.25, 0.3) is 0 Å². The Hall–Kier alpha value is -1.60. The molecular formula is C12H14ClNO5S. The fraction of sp³-hybridized carbons (Fsp3) is 0.333. The summed E-state index contributed by atoms with van der Waals surface area (Å²) in [5.41, 5.74) is 0.158. The van der Waals surface area contributed by atoms with Gasteiger partial charge < -0.3 is 10.4 Å². The van der Waals surface area contributed by atoms with Crippen molar-refractivity contribution in [2.24, 2.45) is 0 Å². The predicted octanol–water partition coefficient (Wildman–Crippen LogP) is 1.34. The van der Waals surface area contributed by atoms with E-state index in [1.165, 1.54) is 18.2 Å². The van der Waals surface area contributed by atoms with Crippen molar-refractivity contribution in [3.05, 3.63) is 28.8 Å². The Bertz CT molecular complexity index is 627. The van der Waals surface area contributed by atoms with Crippen LogP contribution in [0.3, 0.4) is 0 Å². The fourth-order valence-electron chi connectivity index (χ4n) is 1.47. The average Bonchev–Trinajstić information content (AvgIpc) is 2.33. The van der Waals surface area contributed by atoms with E-state index >= 15 is 0 Å². The van der Waals surface area contributed by atoms with Crippen LogP contribution < -0.4 is 5.32 Å². The highest BCUT2D eigenvalue weighted by Crippen LogP contribution is 2.22. The van der Waals surface area contributed by atoms with E-state index in [0.29, 0.717) is 6.42 Å². The van der Waals surface area contributed by atoms with Gasteiger partial charge in [0.15, 0.2) is 9.84 Å². The van der Waals surface area contributed by atoms with E-state index in [0.717, 1.165) is 6.26 Å². The number of carbonyl (C=O) groups is 2. The van der Waals surface area contributed by atoms with Crippen LogP contribution in [-0.4, -0.2) is 38.2 Å². The summed E-state index contributed by atoms with van der Waals surface area (Å²) >= 11 is 5.77. The van der Waals surface area contributed by atoms with Gasteiger partial charge in [0.05, 0.1) is 9.92 Å². The van der Waals surface area contributed by atoms with E-state index in [2.05, 4.69) is 5.32 Å². The second kappa shape index (κ2) is 6.71. The molecule has 20 heavy (non-hydrogen) atoms. The van der Waals surface area contributed by atoms with Gasteiger partial charge in [0.2, 0.25) is 0 Å². The van der Waals surface area contributed by atoms with Gasteiger partial charge in [-0.3, -0.25) is 9.59 Å². The van der Waals surface area contributed by atoms with Crippen molar-refractivity contribution in [2.45, 2.75) is 17.7 Å². The summed E-state index contributed by atoms with van der Waals surface area (Å²) < 4.78 is 23.0. The van der Waals surface area contributed by atoms with Crippen molar-refractivity contribution in [3.8, 4) is 0 Å². The topological polar surface area (TPSA) is 101 Å². The van der Waals surface area contributed by atoms with E-state index in [1.54, 1.807) is 0 Å². The molecular weight excluding hydrogens is 306 g/mol. The lowest BCUT2D eigenvalue weighted by Crippen LogP contribution is -2.25. The molecule has 0 spiro atoms. The maximum absolute atomic E-state index is 11.8. The van der Waals surface area contributed by atoms with Crippen LogP contribution in [0.2, 0.25) is 5.02 Å². The van der Waals surface area contributed by atoms with Crippen LogP contribution in [0.15, 0.2) is 23.1 Å². The number of carboxylic acid groups (broad SMARTS) is 1. The molecule has 0 saturated carbocycles. The zero-order chi connectivity index (χ0) is 15.3. The van der Waals surface area contributed by atoms with Crippen molar-refractivity contribution in [1.82, 2.24) is 5.32 Å². The van der Waals surface area contributed by atoms with Crippen LogP contribution in [0.1, 0.15) is 23.2 Å². The normalized spacial score (nSPS) is 11.1. The monoisotopic (exact) mass is 319 g/mol. The molecule has 2 N–H and O–H groups in total. The van der Waals surface area contributed by atoms with Gasteiger partial charge in [-0.25, -0.2) is 8.42 Å². The maximum Gasteiger partial charge on any atom is 0.303 e. The Morgan fingerprint density at radius 3 is 2.55 bits per heavy atom. The van der Waals surface area contributed by atoms with Crippen LogP contribution in [0.5, 0.6) is 0 Å². The first-order valence-corrected chi connectivity index (χ1v) is 7.98. The number of carbonyl (C=O) groups excluding carboxylic acids is 1. The van der Waals surface area contributed by atoms with Crippen molar-refractivity contribution < 1.29 is 23.1 Å². The zero-order valence-electron chi connectivity index (χ0n) is 10.7. The van der Waals surface area contributed by atoms with Gasteiger partial charge in [-0.15, -0.1) is 0 Å². The Morgan fingerprint density at radius 1 is 1.35 bits per heavy atom. The second-order valence-corrected chi connectivity index (χ2v) is 6.56. The van der Waals surface area contributed by atoms with Gasteiger partial charge in [0.25, 0.3) is 5.91 Å². The second-order valence-electron chi connectivity index (χ2n) is 4.17. The van der Waals surface area contributed by atoms with Crippen molar-refractivity contribution in [3.63, 3.8) is 0 Å². The number of aliphatic carboxylic acids is 1. The zero-order valence-corrected chi connectivity index (χ0v) is 12.3. The Balaban J connectivity index is 2.77. The molecule has 0 bridgehead atoms. The Kier molecular flexibility index (Phi) is 5.52. The summed E-state index contributed by atoms with van der Waals surface area (Å²) in [5, 5.41) is 11.0. The molecule has 6 nitrogen and oxygen atoms in total. The van der Waals surface area contributed by atoms with Gasteiger partial charge in [-0.2, -0.15) is 0 Å². The van der Waals surface area contributed by atoms with Gasteiger partial charge in [0.1, 0.15) is 0 Å². The number of sulfone groups is 1. The lowest BCUT2D eigenvalue weighted by atomic mass is 10.2. The number of nitrogens with one attached hydrogen (secondary N) is 1. The third-order valence-electron chi connectivity index (χ3n) is 2.45. The highest BCUT2D eigenvalue weighted by Gasteiger charge is 2.15. The van der Waals surface area contributed by atoms with Crippen LogP contribution in [0.4, 0.5) is 0 Å². The maximum atomic E-state index is 11.8. The summed E-state index contributed by atoms with van der Waals surface area (Å²) in [7, 11) is -3.52. The minimum absolute atomic E-state index is 0.0461. The number of hydrogen-bond donors (Lipinski definition) is 2. The molecule has 0 aliphatic carbocycles. The molecule has 0 aromatic heterocycles. The highest BCUT2D eigenvalue weighted by molar-refractivity contribution is 7.90. The molecule has 110 valence electrons. The molecule has 0 heterocycles. The van der Waals surface area contributed by atoms with E-state index in [1.807, 2.05) is 0 Å². The van der Waals surface area contributed by atoms with Crippen LogP contribution >= 0.6 is 11.6 Å². The first kappa shape index (κ1) is 16.5. The van der Waals surface area contributed by atoms with Gasteiger partial charge in [0, 0.05) is 24.8 Å². The predicted molar refractivity (Wildman–Crippen MR) is 73.8 cm³/mol. The molecule has 1 aromatic rings. The molecule has 1 rings (SSSR count). The minimum atomic E-state index is -3.52. The summed E-state index contributed by atoms with van der Waals surface area (Å²) in [6.45, 7) is 0.196. The first-order chi connectivity index (χ1) is 9.21. The number of halogens is 1. The number of hydrogen-bond acceptors (Lipinski definition) is 4. The fourth-order valence-corrected chi connectivity index (χ4v) is 2.77. The molecule has 8 heteroatoms. The average molecular weight is 320 g/mol. The number of carboxylic acids is 1. The Morgan fingerprint density at radius 2 is 2.00 bits per heavy atom. The van der Waals surface area contributed by atoms with E-state index in [4.69, 9.17) is 16.7 Å². The molecule has 0 fully saturated rings. The highest BCUT2D eigenvalue weighted by atomic mass is 35.5. The molecule has 0 aliphatic heterocycles. The summed E-state index contributed by atoms with van der Waals surface area (Å²) in [6, 6.07) is 3.94. The SMILES string of the molecule is CS(=O)(=O)c1cc(C(=O)NCCCC(=O)O)ccc1Cl. The van der Waals surface area contributed by atoms with Gasteiger partial charge in [-0.05, 0) is 24.6 Å². The molecule has 1 aromatic carbocycles. The van der Waals surface area contributed by atoms with Gasteiger partial charge in [-0.1, -0.05) is 11.6 Å². The molecule has 0 atom stereocenters. The van der Waals surface area contributed by atoms with Crippen molar-refractivity contribution in [1.29, 1.82) is 0 Å². The lowest BCUT2D eigenvalue weighted by molar-refractivity contribution is -0.137. The standard InChI is InChI=1S/C12H14ClNO5S/c1-20(18,19)10-7-8(4-5-9(10)13)12(17)14-6-2-3-11(15)16/h4-5,7H,2-3,6H2,1H3,(H,14,17)(H,15,16). The molecule has 0 aliphatic rings. The van der Waals surface area contributed by atoms with Crippen molar-refractivity contribution in [2.75, 3.05) is 12.8 Å². The molecule has 1 amide bonds. The molecule has 0 unspecified atom stereocenters. The molecule has 0 radical (unpaired) electrons. The number of amides is 1. The number of benzene rings is 1. The first-order valence-electron chi connectivity index (χ1n) is 5.71. The number of rotatable bonds is 6. The third kappa shape index (κ3) is 4.82. The molecule has 0 saturated heterocycles.